The first kappa shape index (κ1) is 15.0. The number of aliphatic hydroxyl groups excluding tert-OH is 1. The first-order valence-corrected chi connectivity index (χ1v) is 9.34. The molecule has 130 valence electrons. The van der Waals surface area contributed by atoms with E-state index in [0.29, 0.717) is 35.7 Å². The van der Waals surface area contributed by atoms with E-state index in [9.17, 15) is 5.11 Å². The molecule has 2 saturated carbocycles. The molecule has 3 aliphatic rings. The molecular formula is C20H24N4O. The second-order valence-corrected chi connectivity index (χ2v) is 7.98. The Kier molecular flexibility index (Phi) is 3.21. The predicted molar refractivity (Wildman–Crippen MR) is 98.5 cm³/mol. The van der Waals surface area contributed by atoms with E-state index in [1.165, 1.54) is 25.7 Å². The third-order valence-electron chi connectivity index (χ3n) is 6.66. The van der Waals surface area contributed by atoms with E-state index in [-0.39, 0.29) is 5.76 Å². The Morgan fingerprint density at radius 3 is 2.84 bits per heavy atom. The second-order valence-electron chi connectivity index (χ2n) is 7.98. The summed E-state index contributed by atoms with van der Waals surface area (Å²) in [5.74, 6) is 3.63. The van der Waals surface area contributed by atoms with Crippen LogP contribution in [0.2, 0.25) is 0 Å². The Morgan fingerprint density at radius 2 is 2.12 bits per heavy atom. The lowest BCUT2D eigenvalue weighted by Gasteiger charge is -2.35. The van der Waals surface area contributed by atoms with Crippen LogP contribution in [0.4, 0.5) is 0 Å². The summed E-state index contributed by atoms with van der Waals surface area (Å²) in [6.45, 7) is 2.66. The molecule has 1 aromatic carbocycles. The Bertz CT molecular complexity index is 850. The van der Waals surface area contributed by atoms with E-state index >= 15 is 0 Å². The number of imidazole rings is 1. The van der Waals surface area contributed by atoms with Gasteiger partial charge in [0.1, 0.15) is 17.4 Å². The standard InChI is InChI=1S/C20H24N4O/c1-11(14-9-12-6-7-13(14)8-12)24-10-17(25)18(19(24)21)20-22-15-4-2-3-5-16(15)23-20/h2-5,11-14,21,25H,6-10H2,1H3,(H,22,23)/t11-,12+,13+,14-/m1/s1. The lowest BCUT2D eigenvalue weighted by atomic mass is 9.83. The summed E-state index contributed by atoms with van der Waals surface area (Å²) >= 11 is 0. The van der Waals surface area contributed by atoms with Crippen LogP contribution in [0.3, 0.4) is 0 Å². The van der Waals surface area contributed by atoms with Crippen LogP contribution in [0, 0.1) is 23.2 Å². The summed E-state index contributed by atoms with van der Waals surface area (Å²) < 4.78 is 0. The van der Waals surface area contributed by atoms with E-state index in [4.69, 9.17) is 5.41 Å². The van der Waals surface area contributed by atoms with Gasteiger partial charge in [0, 0.05) is 6.04 Å². The third-order valence-corrected chi connectivity index (χ3v) is 6.66. The molecule has 1 aromatic heterocycles. The number of fused-ring (bicyclic) bond motifs is 3. The lowest BCUT2D eigenvalue weighted by Crippen LogP contribution is -2.42. The Labute approximate surface area is 147 Å². The number of para-hydroxylation sites is 2. The molecule has 3 N–H and O–H groups in total. The summed E-state index contributed by atoms with van der Waals surface area (Å²) in [7, 11) is 0. The van der Waals surface area contributed by atoms with Gasteiger partial charge in [-0.05, 0) is 56.1 Å². The van der Waals surface area contributed by atoms with Crippen molar-refractivity contribution in [3.63, 3.8) is 0 Å². The van der Waals surface area contributed by atoms with Crippen molar-refractivity contribution in [1.29, 1.82) is 5.41 Å². The quantitative estimate of drug-likeness (QED) is 0.794. The smallest absolute Gasteiger partial charge is 0.145 e. The zero-order chi connectivity index (χ0) is 17.1. The largest absolute Gasteiger partial charge is 0.510 e. The minimum atomic E-state index is 0.263. The number of aromatic amines is 1. The van der Waals surface area contributed by atoms with Gasteiger partial charge in [-0.3, -0.25) is 5.41 Å². The fraction of sp³-hybridized carbons (Fsp3) is 0.500. The number of nitrogens with one attached hydrogen (secondary N) is 2. The SMILES string of the molecule is C[C@H]([C@H]1C[C@H]2CC[C@H]1C2)N1CC(O)=C(c2nc3ccccc3[nH]2)C1=N. The molecule has 0 amide bonds. The molecule has 5 heteroatoms. The van der Waals surface area contributed by atoms with E-state index in [2.05, 4.69) is 21.8 Å². The van der Waals surface area contributed by atoms with E-state index in [1.54, 1.807) is 0 Å². The van der Waals surface area contributed by atoms with Gasteiger partial charge < -0.3 is 15.0 Å². The zero-order valence-corrected chi connectivity index (χ0v) is 14.5. The number of nitrogens with zero attached hydrogens (tertiary/aromatic N) is 2. The van der Waals surface area contributed by atoms with Crippen LogP contribution in [0.1, 0.15) is 38.4 Å². The van der Waals surface area contributed by atoms with E-state index < -0.39 is 0 Å². The minimum Gasteiger partial charge on any atom is -0.510 e. The van der Waals surface area contributed by atoms with Crippen LogP contribution in [-0.2, 0) is 0 Å². The molecule has 5 rings (SSSR count). The van der Waals surface area contributed by atoms with Gasteiger partial charge in [-0.25, -0.2) is 4.98 Å². The maximum absolute atomic E-state index is 10.6. The molecule has 0 radical (unpaired) electrons. The van der Waals surface area contributed by atoms with Gasteiger partial charge in [0.2, 0.25) is 0 Å². The van der Waals surface area contributed by atoms with Crippen molar-refractivity contribution in [2.45, 2.75) is 38.6 Å². The predicted octanol–water partition coefficient (Wildman–Crippen LogP) is 3.95. The normalized spacial score (nSPS) is 30.0. The van der Waals surface area contributed by atoms with Crippen LogP contribution < -0.4 is 0 Å². The maximum Gasteiger partial charge on any atom is 0.145 e. The first-order chi connectivity index (χ1) is 12.1. The molecule has 25 heavy (non-hydrogen) atoms. The van der Waals surface area contributed by atoms with Crippen molar-refractivity contribution in [2.24, 2.45) is 17.8 Å². The maximum atomic E-state index is 10.6. The van der Waals surface area contributed by atoms with Crippen molar-refractivity contribution in [1.82, 2.24) is 14.9 Å². The number of aromatic nitrogens is 2. The third kappa shape index (κ3) is 2.21. The summed E-state index contributed by atoms with van der Waals surface area (Å²) in [5.41, 5.74) is 2.36. The molecule has 5 nitrogen and oxygen atoms in total. The van der Waals surface area contributed by atoms with Crippen molar-refractivity contribution in [3.05, 3.63) is 35.8 Å². The molecule has 1 aliphatic heterocycles. The number of hydrogen-bond acceptors (Lipinski definition) is 3. The van der Waals surface area contributed by atoms with Gasteiger partial charge in [-0.15, -0.1) is 0 Å². The fourth-order valence-corrected chi connectivity index (χ4v) is 5.38. The molecule has 2 aromatic rings. The molecule has 4 atom stereocenters. The molecule has 0 saturated heterocycles. The summed E-state index contributed by atoms with van der Waals surface area (Å²) in [4.78, 5) is 9.91. The average Bonchev–Trinajstić information content (AvgIpc) is 3.36. The van der Waals surface area contributed by atoms with Crippen LogP contribution >= 0.6 is 0 Å². The molecule has 0 spiro atoms. The van der Waals surface area contributed by atoms with Gasteiger partial charge >= 0.3 is 0 Å². The highest BCUT2D eigenvalue weighted by atomic mass is 16.3. The topological polar surface area (TPSA) is 76.0 Å². The summed E-state index contributed by atoms with van der Waals surface area (Å²) in [6.07, 6.45) is 5.39. The van der Waals surface area contributed by atoms with Crippen LogP contribution in [-0.4, -0.2) is 38.4 Å². The molecule has 2 aliphatic carbocycles. The van der Waals surface area contributed by atoms with Gasteiger partial charge in [0.15, 0.2) is 0 Å². The number of aliphatic hydroxyl groups is 1. The molecule has 2 fully saturated rings. The lowest BCUT2D eigenvalue weighted by molar-refractivity contribution is 0.184. The Balaban J connectivity index is 1.42. The average molecular weight is 336 g/mol. The van der Waals surface area contributed by atoms with Crippen molar-refractivity contribution in [2.75, 3.05) is 6.54 Å². The summed E-state index contributed by atoms with van der Waals surface area (Å²) in [5, 5.41) is 19.3. The van der Waals surface area contributed by atoms with Gasteiger partial charge in [-0.1, -0.05) is 18.6 Å². The van der Waals surface area contributed by atoms with Crippen molar-refractivity contribution in [3.8, 4) is 0 Å². The minimum absolute atomic E-state index is 0.263. The zero-order valence-electron chi connectivity index (χ0n) is 14.5. The number of rotatable bonds is 3. The van der Waals surface area contributed by atoms with Crippen molar-refractivity contribution >= 4 is 22.4 Å². The van der Waals surface area contributed by atoms with E-state index in [0.717, 1.165) is 22.9 Å². The second kappa shape index (κ2) is 5.35. The Morgan fingerprint density at radius 1 is 1.28 bits per heavy atom. The number of hydrogen-bond donors (Lipinski definition) is 3. The summed E-state index contributed by atoms with van der Waals surface area (Å²) in [6, 6.07) is 8.12. The molecule has 0 unspecified atom stereocenters. The first-order valence-electron chi connectivity index (χ1n) is 9.34. The van der Waals surface area contributed by atoms with Gasteiger partial charge in [0.25, 0.3) is 0 Å². The van der Waals surface area contributed by atoms with Crippen molar-refractivity contribution < 1.29 is 5.11 Å². The van der Waals surface area contributed by atoms with Crippen LogP contribution in [0.25, 0.3) is 16.6 Å². The molecule has 2 bridgehead atoms. The number of H-pyrrole nitrogens is 1. The number of benzene rings is 1. The fourth-order valence-electron chi connectivity index (χ4n) is 5.38. The van der Waals surface area contributed by atoms with Gasteiger partial charge in [0.05, 0.1) is 23.2 Å². The molecule has 2 heterocycles. The number of amidine groups is 1. The van der Waals surface area contributed by atoms with Crippen LogP contribution in [0.5, 0.6) is 0 Å². The Hall–Kier alpha value is -2.30. The van der Waals surface area contributed by atoms with E-state index in [1.807, 2.05) is 24.3 Å². The molecular weight excluding hydrogens is 312 g/mol. The highest BCUT2D eigenvalue weighted by molar-refractivity contribution is 6.23. The monoisotopic (exact) mass is 336 g/mol. The highest BCUT2D eigenvalue weighted by Gasteiger charge is 2.45. The highest BCUT2D eigenvalue weighted by Crippen LogP contribution is 2.50. The van der Waals surface area contributed by atoms with Crippen LogP contribution in [0.15, 0.2) is 30.0 Å². The van der Waals surface area contributed by atoms with Gasteiger partial charge in [-0.2, -0.15) is 0 Å².